The Bertz CT molecular complexity index is 1280. The van der Waals surface area contributed by atoms with Crippen LogP contribution in [0.5, 0.6) is 0 Å². The summed E-state index contributed by atoms with van der Waals surface area (Å²) in [6.45, 7) is 2.03. The van der Waals surface area contributed by atoms with Gasteiger partial charge in [0.1, 0.15) is 0 Å². The van der Waals surface area contributed by atoms with Crippen LogP contribution >= 0.6 is 15.9 Å². The van der Waals surface area contributed by atoms with Gasteiger partial charge in [-0.2, -0.15) is 19.6 Å². The summed E-state index contributed by atoms with van der Waals surface area (Å²) in [4.78, 5) is 21.3. The quantitative estimate of drug-likeness (QED) is 0.423. The van der Waals surface area contributed by atoms with Gasteiger partial charge in [0.05, 0.1) is 10.7 Å². The van der Waals surface area contributed by atoms with E-state index >= 15 is 0 Å². The summed E-state index contributed by atoms with van der Waals surface area (Å²) in [5.74, 6) is 1.16. The zero-order chi connectivity index (χ0) is 21.9. The summed E-state index contributed by atoms with van der Waals surface area (Å²) in [6.07, 6.45) is 5.32. The van der Waals surface area contributed by atoms with E-state index in [4.69, 9.17) is 4.74 Å². The summed E-state index contributed by atoms with van der Waals surface area (Å²) >= 11 is 3.52. The van der Waals surface area contributed by atoms with Crippen LogP contribution in [0.25, 0.3) is 11.3 Å². The predicted molar refractivity (Wildman–Crippen MR) is 125 cm³/mol. The lowest BCUT2D eigenvalue weighted by atomic mass is 10.1. The summed E-state index contributed by atoms with van der Waals surface area (Å²) in [5, 5.41) is 11.2. The maximum absolute atomic E-state index is 12.0. The summed E-state index contributed by atoms with van der Waals surface area (Å²) < 4.78 is 9.53. The van der Waals surface area contributed by atoms with Gasteiger partial charge in [-0.3, -0.25) is 9.36 Å². The molecule has 0 aliphatic carbocycles. The predicted octanol–water partition coefficient (Wildman–Crippen LogP) is 3.24. The molecule has 1 aliphatic rings. The number of benzene rings is 1. The lowest BCUT2D eigenvalue weighted by Gasteiger charge is -2.23. The highest BCUT2D eigenvalue weighted by Gasteiger charge is 2.17. The number of ether oxygens (including phenoxy) is 1. The standard InChI is InChI=1S/C22H22BrN7O2/c23-18-14-25-30-20(18)27-21(26-16-8-11-32-12-9-16)28-22(30)24-13-15-4-6-17(7-5-15)29-10-2-1-3-19(29)31/h1-7,10,14,16H,8-9,11-13H2,(H2,24,26,27,28). The molecule has 10 heteroatoms. The van der Waals surface area contributed by atoms with Crippen LogP contribution in [0.15, 0.2) is 64.1 Å². The third-order valence-electron chi connectivity index (χ3n) is 5.37. The average Bonchev–Trinajstić information content (AvgIpc) is 3.20. The Labute approximate surface area is 192 Å². The second-order valence-electron chi connectivity index (χ2n) is 7.56. The highest BCUT2D eigenvalue weighted by atomic mass is 79.9. The Morgan fingerprint density at radius 2 is 1.91 bits per heavy atom. The smallest absolute Gasteiger partial charge is 0.255 e. The maximum atomic E-state index is 12.0. The van der Waals surface area contributed by atoms with Crippen molar-refractivity contribution in [2.75, 3.05) is 23.8 Å². The Morgan fingerprint density at radius 3 is 2.69 bits per heavy atom. The number of hydrogen-bond acceptors (Lipinski definition) is 7. The Kier molecular flexibility index (Phi) is 5.87. The zero-order valence-corrected chi connectivity index (χ0v) is 18.8. The Balaban J connectivity index is 1.35. The van der Waals surface area contributed by atoms with Gasteiger partial charge in [0.15, 0.2) is 5.65 Å². The first-order valence-electron chi connectivity index (χ1n) is 10.4. The molecule has 1 aliphatic heterocycles. The van der Waals surface area contributed by atoms with Crippen molar-refractivity contribution in [1.29, 1.82) is 0 Å². The molecule has 3 aromatic heterocycles. The molecular formula is C22H22BrN7O2. The van der Waals surface area contributed by atoms with Crippen molar-refractivity contribution in [3.8, 4) is 5.69 Å². The molecule has 0 spiro atoms. The molecule has 2 N–H and O–H groups in total. The van der Waals surface area contributed by atoms with Crippen molar-refractivity contribution < 1.29 is 4.74 Å². The molecule has 32 heavy (non-hydrogen) atoms. The van der Waals surface area contributed by atoms with Gasteiger partial charge in [0.25, 0.3) is 5.56 Å². The number of halogens is 1. The number of anilines is 2. The van der Waals surface area contributed by atoms with Gasteiger partial charge in [-0.25, -0.2) is 0 Å². The third kappa shape index (κ3) is 4.37. The van der Waals surface area contributed by atoms with E-state index in [1.807, 2.05) is 30.3 Å². The van der Waals surface area contributed by atoms with Crippen molar-refractivity contribution in [3.05, 3.63) is 75.2 Å². The SMILES string of the molecule is O=c1ccccn1-c1ccc(CNc2nc(NC3CCOCC3)nc3c(Br)cnn23)cc1. The summed E-state index contributed by atoms with van der Waals surface area (Å²) in [7, 11) is 0. The van der Waals surface area contributed by atoms with Crippen LogP contribution < -0.4 is 16.2 Å². The van der Waals surface area contributed by atoms with Crippen molar-refractivity contribution in [2.45, 2.75) is 25.4 Å². The molecule has 9 nitrogen and oxygen atoms in total. The average molecular weight is 496 g/mol. The third-order valence-corrected chi connectivity index (χ3v) is 5.93. The normalized spacial score (nSPS) is 14.5. The van der Waals surface area contributed by atoms with E-state index in [1.165, 1.54) is 0 Å². The Morgan fingerprint density at radius 1 is 1.09 bits per heavy atom. The molecule has 4 heterocycles. The fraction of sp³-hybridized carbons (Fsp3) is 0.273. The van der Waals surface area contributed by atoms with Crippen molar-refractivity contribution in [3.63, 3.8) is 0 Å². The monoisotopic (exact) mass is 495 g/mol. The topological polar surface area (TPSA) is 98.4 Å². The first kappa shape index (κ1) is 20.7. The fourth-order valence-corrected chi connectivity index (χ4v) is 4.00. The minimum Gasteiger partial charge on any atom is -0.381 e. The van der Waals surface area contributed by atoms with E-state index in [2.05, 4.69) is 41.6 Å². The molecule has 4 aromatic rings. The number of nitrogens with one attached hydrogen (secondary N) is 2. The van der Waals surface area contributed by atoms with Gasteiger partial charge in [0, 0.05) is 43.8 Å². The molecule has 5 rings (SSSR count). The second kappa shape index (κ2) is 9.09. The molecule has 0 amide bonds. The lowest BCUT2D eigenvalue weighted by molar-refractivity contribution is 0.0903. The van der Waals surface area contributed by atoms with E-state index in [1.54, 1.807) is 33.6 Å². The first-order chi connectivity index (χ1) is 15.7. The van der Waals surface area contributed by atoms with E-state index in [0.717, 1.165) is 41.8 Å². The summed E-state index contributed by atoms with van der Waals surface area (Å²) in [6, 6.07) is 13.2. The molecule has 1 fully saturated rings. The molecule has 0 saturated carbocycles. The van der Waals surface area contributed by atoms with E-state index in [9.17, 15) is 4.79 Å². The number of pyridine rings is 1. The van der Waals surface area contributed by atoms with Gasteiger partial charge >= 0.3 is 0 Å². The van der Waals surface area contributed by atoms with Crippen molar-refractivity contribution >= 4 is 33.5 Å². The summed E-state index contributed by atoms with van der Waals surface area (Å²) in [5.41, 5.74) is 2.50. The number of rotatable bonds is 6. The minimum absolute atomic E-state index is 0.0597. The number of nitrogens with zero attached hydrogens (tertiary/aromatic N) is 5. The van der Waals surface area contributed by atoms with E-state index in [-0.39, 0.29) is 11.6 Å². The second-order valence-corrected chi connectivity index (χ2v) is 8.41. The number of fused-ring (bicyclic) bond motifs is 1. The van der Waals surface area contributed by atoms with Crippen LogP contribution in [0.1, 0.15) is 18.4 Å². The minimum atomic E-state index is -0.0597. The van der Waals surface area contributed by atoms with Crippen LogP contribution in [-0.4, -0.2) is 43.4 Å². The fourth-order valence-electron chi connectivity index (χ4n) is 3.65. The van der Waals surface area contributed by atoms with Gasteiger partial charge in [-0.15, -0.1) is 0 Å². The highest BCUT2D eigenvalue weighted by Crippen LogP contribution is 2.22. The van der Waals surface area contributed by atoms with Crippen LogP contribution in [0.3, 0.4) is 0 Å². The Hall–Kier alpha value is -3.24. The maximum Gasteiger partial charge on any atom is 0.255 e. The highest BCUT2D eigenvalue weighted by molar-refractivity contribution is 9.10. The van der Waals surface area contributed by atoms with Gasteiger partial charge < -0.3 is 15.4 Å². The van der Waals surface area contributed by atoms with Crippen LogP contribution in [0.4, 0.5) is 11.9 Å². The van der Waals surface area contributed by atoms with Crippen molar-refractivity contribution in [1.82, 2.24) is 24.1 Å². The van der Waals surface area contributed by atoms with Crippen molar-refractivity contribution in [2.24, 2.45) is 0 Å². The molecule has 0 atom stereocenters. The molecule has 1 saturated heterocycles. The first-order valence-corrected chi connectivity index (χ1v) is 11.2. The molecule has 0 radical (unpaired) electrons. The van der Waals surface area contributed by atoms with Crippen LogP contribution in [-0.2, 0) is 11.3 Å². The van der Waals surface area contributed by atoms with Crippen LogP contribution in [0, 0.1) is 0 Å². The van der Waals surface area contributed by atoms with E-state index < -0.39 is 0 Å². The molecule has 0 bridgehead atoms. The van der Waals surface area contributed by atoms with Gasteiger partial charge in [-0.1, -0.05) is 18.2 Å². The largest absolute Gasteiger partial charge is 0.381 e. The molecule has 0 unspecified atom stereocenters. The molecular weight excluding hydrogens is 474 g/mol. The lowest BCUT2D eigenvalue weighted by Crippen LogP contribution is -2.29. The molecule has 164 valence electrons. The van der Waals surface area contributed by atoms with Gasteiger partial charge in [0.2, 0.25) is 11.9 Å². The van der Waals surface area contributed by atoms with Crippen LogP contribution in [0.2, 0.25) is 0 Å². The van der Waals surface area contributed by atoms with E-state index in [0.29, 0.717) is 24.1 Å². The number of aromatic nitrogens is 5. The number of hydrogen-bond donors (Lipinski definition) is 2. The zero-order valence-electron chi connectivity index (χ0n) is 17.2. The van der Waals surface area contributed by atoms with Gasteiger partial charge in [-0.05, 0) is 52.5 Å². The molecule has 1 aromatic carbocycles.